The van der Waals surface area contributed by atoms with E-state index in [9.17, 15) is 17.6 Å². The molecular formula is C9H2B5F4NO. The summed E-state index contributed by atoms with van der Waals surface area (Å²) in [7, 11) is 27.3. The van der Waals surface area contributed by atoms with Crippen molar-refractivity contribution in [2.24, 2.45) is 0 Å². The van der Waals surface area contributed by atoms with Crippen molar-refractivity contribution in [2.45, 2.75) is 16.2 Å². The molecule has 1 N–H and O–H groups in total. The minimum atomic E-state index is -2.43. The second-order valence-electron chi connectivity index (χ2n) is 4.50. The molecule has 0 spiro atoms. The lowest BCUT2D eigenvalue weighted by atomic mass is 9.27. The Bertz CT molecular complexity index is 542. The summed E-state index contributed by atoms with van der Waals surface area (Å²) in [6.07, 6.45) is 0. The van der Waals surface area contributed by atoms with Gasteiger partial charge < -0.3 is 10.1 Å². The van der Waals surface area contributed by atoms with Crippen molar-refractivity contribution in [1.82, 2.24) is 5.32 Å². The van der Waals surface area contributed by atoms with Gasteiger partial charge >= 0.3 is 0 Å². The fourth-order valence-corrected chi connectivity index (χ4v) is 1.78. The van der Waals surface area contributed by atoms with Crippen LogP contribution in [0.2, 0.25) is 0 Å². The summed E-state index contributed by atoms with van der Waals surface area (Å²) in [5.41, 5.74) is -2.43. The molecule has 0 bridgehead atoms. The Balaban J connectivity index is 2.50. The summed E-state index contributed by atoms with van der Waals surface area (Å²) >= 11 is 0. The van der Waals surface area contributed by atoms with Gasteiger partial charge in [0.2, 0.25) is 11.6 Å². The lowest BCUT2D eigenvalue weighted by molar-refractivity contribution is 0.0110. The van der Waals surface area contributed by atoms with Crippen LogP contribution < -0.4 is 10.1 Å². The molecule has 1 aliphatic heterocycles. The Morgan fingerprint density at radius 1 is 0.850 bits per heavy atom. The Morgan fingerprint density at radius 3 is 1.60 bits per heavy atom. The molecule has 2 nitrogen and oxygen atoms in total. The van der Waals surface area contributed by atoms with Crippen molar-refractivity contribution < 1.29 is 22.3 Å². The zero-order valence-electron chi connectivity index (χ0n) is 9.88. The molecule has 0 amide bonds. The van der Waals surface area contributed by atoms with Crippen LogP contribution in [0.5, 0.6) is 5.75 Å². The van der Waals surface area contributed by atoms with E-state index >= 15 is 0 Å². The van der Waals surface area contributed by atoms with E-state index in [1.807, 2.05) is 0 Å². The number of hydrogen-bond donors (Lipinski definition) is 1. The predicted octanol–water partition coefficient (Wildman–Crippen LogP) is -0.929. The third kappa shape index (κ3) is 1.90. The molecule has 20 heavy (non-hydrogen) atoms. The van der Waals surface area contributed by atoms with Gasteiger partial charge in [-0.3, -0.25) is 0 Å². The molecule has 0 aliphatic carbocycles. The Morgan fingerprint density at radius 2 is 1.25 bits per heavy atom. The zero-order chi connectivity index (χ0) is 15.5. The molecular weight excluding hydrogens is 268 g/mol. The van der Waals surface area contributed by atoms with Crippen LogP contribution in [-0.2, 0) is 0 Å². The maximum Gasteiger partial charge on any atom is 0.203 e. The van der Waals surface area contributed by atoms with Crippen LogP contribution in [0, 0.1) is 23.3 Å². The standard InChI is InChI=1S/C9H2B5F4NO/c10-7(8(11,12)19-9(7,13)14)20-6-4(17)2(15)1-3(16)5(6)18/h1,19H. The fourth-order valence-electron chi connectivity index (χ4n) is 1.78. The summed E-state index contributed by atoms with van der Waals surface area (Å²) in [6.45, 7) is 0. The number of benzene rings is 1. The van der Waals surface area contributed by atoms with Gasteiger partial charge in [0.1, 0.15) is 7.85 Å². The zero-order valence-corrected chi connectivity index (χ0v) is 9.88. The SMILES string of the molecule is [B]C1([B])NC([B])([B])C1([B])Oc1c(F)c(F)cc(F)c1F. The molecule has 1 heterocycles. The van der Waals surface area contributed by atoms with E-state index in [2.05, 4.69) is 10.1 Å². The second kappa shape index (κ2) is 4.26. The topological polar surface area (TPSA) is 21.3 Å². The van der Waals surface area contributed by atoms with E-state index in [1.54, 1.807) is 0 Å². The predicted molar refractivity (Wildman–Crippen MR) is 67.0 cm³/mol. The van der Waals surface area contributed by atoms with E-state index in [-0.39, 0.29) is 6.07 Å². The highest BCUT2D eigenvalue weighted by molar-refractivity contribution is 6.56. The first-order valence-electron chi connectivity index (χ1n) is 5.18. The van der Waals surface area contributed by atoms with Crippen LogP contribution in [0.1, 0.15) is 0 Å². The summed E-state index contributed by atoms with van der Waals surface area (Å²) in [5, 5.41) is -2.00. The highest BCUT2D eigenvalue weighted by Crippen LogP contribution is 2.40. The lowest BCUT2D eigenvalue weighted by Crippen LogP contribution is -2.94. The van der Waals surface area contributed by atoms with Gasteiger partial charge in [-0.1, -0.05) is 0 Å². The van der Waals surface area contributed by atoms with Crippen molar-refractivity contribution in [3.63, 3.8) is 0 Å². The van der Waals surface area contributed by atoms with Crippen molar-refractivity contribution in [3.8, 4) is 5.75 Å². The summed E-state index contributed by atoms with van der Waals surface area (Å²) in [6, 6.07) is -0.00394. The molecule has 1 aromatic carbocycles. The normalized spacial score (nSPS) is 22.0. The number of halogens is 4. The van der Waals surface area contributed by atoms with Gasteiger partial charge in [-0.05, 0) is 10.7 Å². The van der Waals surface area contributed by atoms with Gasteiger partial charge in [0.25, 0.3) is 0 Å². The second-order valence-corrected chi connectivity index (χ2v) is 4.50. The third-order valence-electron chi connectivity index (χ3n) is 2.98. The number of ether oxygens (including phenoxy) is 1. The molecule has 1 aliphatic rings. The monoisotopic (exact) mass is 271 g/mol. The van der Waals surface area contributed by atoms with Gasteiger partial charge in [0, 0.05) is 6.07 Å². The van der Waals surface area contributed by atoms with Gasteiger partial charge in [0.15, 0.2) is 17.4 Å². The molecule has 1 fully saturated rings. The first-order valence-corrected chi connectivity index (χ1v) is 5.18. The molecule has 0 saturated carbocycles. The molecule has 10 radical (unpaired) electrons. The number of rotatable bonds is 2. The summed E-state index contributed by atoms with van der Waals surface area (Å²) in [4.78, 5) is 0. The minimum Gasteiger partial charge on any atom is -0.491 e. The van der Waals surface area contributed by atoms with E-state index in [0.717, 1.165) is 0 Å². The molecule has 0 unspecified atom stereocenters. The van der Waals surface area contributed by atoms with E-state index in [1.165, 1.54) is 0 Å². The number of nitrogens with one attached hydrogen (secondary N) is 1. The Kier molecular flexibility index (Phi) is 3.28. The van der Waals surface area contributed by atoms with Crippen LogP contribution in [0.25, 0.3) is 0 Å². The highest BCUT2D eigenvalue weighted by Gasteiger charge is 2.61. The molecule has 2 rings (SSSR count). The van der Waals surface area contributed by atoms with Gasteiger partial charge in [-0.25, -0.2) is 8.78 Å². The van der Waals surface area contributed by atoms with Crippen molar-refractivity contribution >= 4 is 39.2 Å². The van der Waals surface area contributed by atoms with Crippen molar-refractivity contribution in [1.29, 1.82) is 0 Å². The molecule has 0 aromatic heterocycles. The molecule has 0 atom stereocenters. The Hall–Kier alpha value is -0.975. The third-order valence-corrected chi connectivity index (χ3v) is 2.98. The van der Waals surface area contributed by atoms with Gasteiger partial charge in [-0.2, -0.15) is 8.78 Å². The van der Waals surface area contributed by atoms with Crippen LogP contribution in [0.15, 0.2) is 6.07 Å². The largest absolute Gasteiger partial charge is 0.491 e. The van der Waals surface area contributed by atoms with E-state index in [0.29, 0.717) is 0 Å². The first kappa shape index (κ1) is 15.4. The summed E-state index contributed by atoms with van der Waals surface area (Å²) in [5.74, 6) is -8.52. The lowest BCUT2D eigenvalue weighted by Gasteiger charge is -2.69. The van der Waals surface area contributed by atoms with Crippen LogP contribution in [-0.4, -0.2) is 55.4 Å². The molecule has 1 saturated heterocycles. The molecule has 1 aromatic rings. The average molecular weight is 270 g/mol. The van der Waals surface area contributed by atoms with E-state index in [4.69, 9.17) is 39.2 Å². The number of hydrogen-bond acceptors (Lipinski definition) is 2. The molecule has 11 heteroatoms. The van der Waals surface area contributed by atoms with Crippen molar-refractivity contribution in [3.05, 3.63) is 29.3 Å². The fraction of sp³-hybridized carbons (Fsp3) is 0.333. The first-order chi connectivity index (χ1) is 8.93. The maximum absolute atomic E-state index is 13.5. The highest BCUT2D eigenvalue weighted by atomic mass is 19.2. The quantitative estimate of drug-likeness (QED) is 0.426. The smallest absolute Gasteiger partial charge is 0.203 e. The average Bonchev–Trinajstić information content (AvgIpc) is 2.30. The minimum absolute atomic E-state index is 0.00394. The molecule has 92 valence electrons. The Labute approximate surface area is 119 Å². The van der Waals surface area contributed by atoms with Crippen LogP contribution in [0.4, 0.5) is 17.6 Å². The summed E-state index contributed by atoms with van der Waals surface area (Å²) < 4.78 is 57.8. The van der Waals surface area contributed by atoms with E-state index < -0.39 is 45.2 Å². The van der Waals surface area contributed by atoms with Crippen LogP contribution in [0.3, 0.4) is 0 Å². The van der Waals surface area contributed by atoms with Crippen LogP contribution >= 0.6 is 0 Å². The van der Waals surface area contributed by atoms with Gasteiger partial charge in [-0.15, -0.1) is 0 Å². The maximum atomic E-state index is 13.5. The van der Waals surface area contributed by atoms with Gasteiger partial charge in [0.05, 0.1) is 36.9 Å². The van der Waals surface area contributed by atoms with Crippen molar-refractivity contribution in [2.75, 3.05) is 0 Å².